The smallest absolute Gasteiger partial charge is 0.0204 e. The number of rotatable bonds is 6. The van der Waals surface area contributed by atoms with Crippen LogP contribution in [0.2, 0.25) is 0 Å². The van der Waals surface area contributed by atoms with Crippen LogP contribution in [0.25, 0.3) is 0 Å². The summed E-state index contributed by atoms with van der Waals surface area (Å²) in [4.78, 5) is 0. The van der Waals surface area contributed by atoms with Gasteiger partial charge < -0.3 is 5.32 Å². The lowest BCUT2D eigenvalue weighted by molar-refractivity contribution is 0.247. The fraction of sp³-hybridized carbons (Fsp3) is 1.00. The minimum absolute atomic E-state index is 0.784. The summed E-state index contributed by atoms with van der Waals surface area (Å²) in [5.74, 6) is 4.30. The van der Waals surface area contributed by atoms with Gasteiger partial charge in [-0.1, -0.05) is 33.6 Å². The number of hydrogen-bond acceptors (Lipinski definition) is 2. The molecular formula is C17H33NS. The van der Waals surface area contributed by atoms with Crippen LogP contribution in [0.1, 0.15) is 65.7 Å². The molecule has 2 aliphatic rings. The summed E-state index contributed by atoms with van der Waals surface area (Å²) in [7, 11) is 0. The first-order valence-electron chi connectivity index (χ1n) is 8.55. The summed E-state index contributed by atoms with van der Waals surface area (Å²) in [5.41, 5.74) is 0. The molecule has 2 heteroatoms. The van der Waals surface area contributed by atoms with Gasteiger partial charge in [0.1, 0.15) is 0 Å². The fourth-order valence-electron chi connectivity index (χ4n) is 3.88. The van der Waals surface area contributed by atoms with Crippen molar-refractivity contribution >= 4 is 11.8 Å². The molecule has 1 N–H and O–H groups in total. The van der Waals surface area contributed by atoms with Crippen LogP contribution in [0.15, 0.2) is 0 Å². The van der Waals surface area contributed by atoms with Crippen molar-refractivity contribution in [2.75, 3.05) is 12.3 Å². The molecule has 0 aromatic carbocycles. The summed E-state index contributed by atoms with van der Waals surface area (Å²) in [5, 5.41) is 4.63. The van der Waals surface area contributed by atoms with Crippen molar-refractivity contribution in [1.29, 1.82) is 0 Å². The number of nitrogens with one attached hydrogen (secondary N) is 1. The Kier molecular flexibility index (Phi) is 6.55. The first kappa shape index (κ1) is 15.7. The molecule has 0 heterocycles. The van der Waals surface area contributed by atoms with E-state index in [0.29, 0.717) is 0 Å². The predicted molar refractivity (Wildman–Crippen MR) is 87.8 cm³/mol. The van der Waals surface area contributed by atoms with E-state index in [-0.39, 0.29) is 0 Å². The summed E-state index contributed by atoms with van der Waals surface area (Å²) in [6.45, 7) is 8.22. The van der Waals surface area contributed by atoms with Gasteiger partial charge in [-0.15, -0.1) is 0 Å². The van der Waals surface area contributed by atoms with Crippen LogP contribution < -0.4 is 5.32 Å². The predicted octanol–water partition coefficient (Wildman–Crippen LogP) is 4.71. The molecule has 0 radical (unpaired) electrons. The van der Waals surface area contributed by atoms with E-state index in [0.717, 1.165) is 35.6 Å². The van der Waals surface area contributed by atoms with Crippen LogP contribution in [0, 0.1) is 17.8 Å². The van der Waals surface area contributed by atoms with Crippen LogP contribution in [0.4, 0.5) is 0 Å². The minimum Gasteiger partial charge on any atom is -0.313 e. The Balaban J connectivity index is 1.83. The van der Waals surface area contributed by atoms with Crippen molar-refractivity contribution in [3.63, 3.8) is 0 Å². The molecule has 19 heavy (non-hydrogen) atoms. The molecule has 0 spiro atoms. The molecule has 2 aliphatic carbocycles. The van der Waals surface area contributed by atoms with E-state index in [1.165, 1.54) is 50.7 Å². The molecule has 3 unspecified atom stereocenters. The maximum absolute atomic E-state index is 3.75. The molecule has 0 saturated heterocycles. The minimum atomic E-state index is 0.784. The van der Waals surface area contributed by atoms with Crippen LogP contribution in [0.5, 0.6) is 0 Å². The Hall–Kier alpha value is 0.310. The second-order valence-electron chi connectivity index (χ2n) is 7.00. The highest BCUT2D eigenvalue weighted by Crippen LogP contribution is 2.38. The van der Waals surface area contributed by atoms with Gasteiger partial charge in [0.25, 0.3) is 0 Å². The topological polar surface area (TPSA) is 12.0 Å². The summed E-state index contributed by atoms with van der Waals surface area (Å²) in [6, 6.07) is 0.784. The zero-order valence-electron chi connectivity index (χ0n) is 13.2. The maximum atomic E-state index is 3.75. The van der Waals surface area contributed by atoms with Gasteiger partial charge in [-0.05, 0) is 62.2 Å². The summed E-state index contributed by atoms with van der Waals surface area (Å²) in [6.07, 6.45) is 10.3. The first-order valence-corrected chi connectivity index (χ1v) is 9.60. The Labute approximate surface area is 124 Å². The molecular weight excluding hydrogens is 250 g/mol. The molecule has 112 valence electrons. The van der Waals surface area contributed by atoms with Gasteiger partial charge in [0.15, 0.2) is 0 Å². The fourth-order valence-corrected chi connectivity index (χ4v) is 5.58. The number of hydrogen-bond donors (Lipinski definition) is 1. The molecule has 2 saturated carbocycles. The zero-order chi connectivity index (χ0) is 13.7. The van der Waals surface area contributed by atoms with Crippen molar-refractivity contribution in [3.05, 3.63) is 0 Å². The van der Waals surface area contributed by atoms with E-state index in [1.807, 2.05) is 0 Å². The Morgan fingerprint density at radius 3 is 2.47 bits per heavy atom. The largest absolute Gasteiger partial charge is 0.313 e. The van der Waals surface area contributed by atoms with Crippen molar-refractivity contribution in [1.82, 2.24) is 5.32 Å². The van der Waals surface area contributed by atoms with Crippen LogP contribution >= 0.6 is 11.8 Å². The third-order valence-corrected chi connectivity index (χ3v) is 6.88. The third kappa shape index (κ3) is 4.67. The lowest BCUT2D eigenvalue weighted by atomic mass is 9.79. The van der Waals surface area contributed by atoms with Gasteiger partial charge in [0.2, 0.25) is 0 Å². The van der Waals surface area contributed by atoms with E-state index in [2.05, 4.69) is 37.8 Å². The van der Waals surface area contributed by atoms with Gasteiger partial charge in [0, 0.05) is 11.3 Å². The normalized spacial score (nSPS) is 33.2. The Morgan fingerprint density at radius 1 is 1.11 bits per heavy atom. The Morgan fingerprint density at radius 2 is 1.84 bits per heavy atom. The van der Waals surface area contributed by atoms with E-state index >= 15 is 0 Å². The van der Waals surface area contributed by atoms with Crippen LogP contribution in [-0.4, -0.2) is 23.6 Å². The summed E-state index contributed by atoms with van der Waals surface area (Å²) < 4.78 is 0. The lowest BCUT2D eigenvalue weighted by Gasteiger charge is -2.38. The van der Waals surface area contributed by atoms with Gasteiger partial charge in [-0.3, -0.25) is 0 Å². The van der Waals surface area contributed by atoms with E-state index in [1.54, 1.807) is 0 Å². The SMILES string of the molecule is CCNC1CCC(C(C)C)CC1SCC1CCCC1. The third-order valence-electron chi connectivity index (χ3n) is 5.26. The van der Waals surface area contributed by atoms with Gasteiger partial charge in [-0.2, -0.15) is 11.8 Å². The lowest BCUT2D eigenvalue weighted by Crippen LogP contribution is -2.43. The molecule has 0 aromatic rings. The quantitative estimate of drug-likeness (QED) is 0.757. The van der Waals surface area contributed by atoms with E-state index in [9.17, 15) is 0 Å². The second-order valence-corrected chi connectivity index (χ2v) is 8.28. The Bertz CT molecular complexity index is 248. The van der Waals surface area contributed by atoms with Gasteiger partial charge in [0.05, 0.1) is 0 Å². The average Bonchev–Trinajstić information content (AvgIpc) is 2.90. The van der Waals surface area contributed by atoms with Gasteiger partial charge >= 0.3 is 0 Å². The maximum Gasteiger partial charge on any atom is 0.0204 e. The molecule has 3 atom stereocenters. The molecule has 0 aromatic heterocycles. The van der Waals surface area contributed by atoms with Crippen molar-refractivity contribution < 1.29 is 0 Å². The van der Waals surface area contributed by atoms with E-state index in [4.69, 9.17) is 0 Å². The van der Waals surface area contributed by atoms with Crippen molar-refractivity contribution in [3.8, 4) is 0 Å². The summed E-state index contributed by atoms with van der Waals surface area (Å²) >= 11 is 2.30. The molecule has 0 bridgehead atoms. The standard InChI is InChI=1S/C17H33NS/c1-4-18-16-10-9-15(13(2)3)11-17(16)19-12-14-7-5-6-8-14/h13-18H,4-12H2,1-3H3. The van der Waals surface area contributed by atoms with Crippen molar-refractivity contribution in [2.45, 2.75) is 77.0 Å². The second kappa shape index (κ2) is 7.93. The van der Waals surface area contributed by atoms with Crippen LogP contribution in [-0.2, 0) is 0 Å². The highest BCUT2D eigenvalue weighted by atomic mass is 32.2. The highest BCUT2D eigenvalue weighted by Gasteiger charge is 2.32. The van der Waals surface area contributed by atoms with Crippen molar-refractivity contribution in [2.24, 2.45) is 17.8 Å². The highest BCUT2D eigenvalue weighted by molar-refractivity contribution is 7.99. The zero-order valence-corrected chi connectivity index (χ0v) is 14.0. The first-order chi connectivity index (χ1) is 9.20. The molecule has 0 amide bonds. The average molecular weight is 284 g/mol. The van der Waals surface area contributed by atoms with E-state index < -0.39 is 0 Å². The van der Waals surface area contributed by atoms with Gasteiger partial charge in [-0.25, -0.2) is 0 Å². The van der Waals surface area contributed by atoms with Crippen LogP contribution in [0.3, 0.4) is 0 Å². The molecule has 2 fully saturated rings. The molecule has 1 nitrogen and oxygen atoms in total. The number of thioether (sulfide) groups is 1. The monoisotopic (exact) mass is 283 g/mol. The molecule has 2 rings (SSSR count). The molecule has 0 aliphatic heterocycles.